The maximum Gasteiger partial charge on any atom is 0.409 e. The third-order valence-corrected chi connectivity index (χ3v) is 5.35. The van der Waals surface area contributed by atoms with E-state index in [-0.39, 0.29) is 18.4 Å². The van der Waals surface area contributed by atoms with E-state index in [1.807, 2.05) is 6.07 Å². The van der Waals surface area contributed by atoms with Crippen LogP contribution >= 0.6 is 0 Å². The Labute approximate surface area is 181 Å². The van der Waals surface area contributed by atoms with Gasteiger partial charge in [0, 0.05) is 56.1 Å². The molecule has 168 valence electrons. The summed E-state index contributed by atoms with van der Waals surface area (Å²) in [4.78, 5) is 28.3. The van der Waals surface area contributed by atoms with E-state index in [1.165, 1.54) is 4.57 Å². The molecule has 9 heteroatoms. The van der Waals surface area contributed by atoms with Gasteiger partial charge in [-0.2, -0.15) is 0 Å². The third kappa shape index (κ3) is 5.29. The summed E-state index contributed by atoms with van der Waals surface area (Å²) in [7, 11) is 3.13. The van der Waals surface area contributed by atoms with Gasteiger partial charge in [0.25, 0.3) is 5.56 Å². The molecule has 1 aliphatic rings. The van der Waals surface area contributed by atoms with E-state index in [1.54, 1.807) is 50.4 Å². The number of aromatic nitrogens is 1. The van der Waals surface area contributed by atoms with Gasteiger partial charge in [0.2, 0.25) is 0 Å². The van der Waals surface area contributed by atoms with Crippen molar-refractivity contribution in [3.63, 3.8) is 0 Å². The maximum atomic E-state index is 12.7. The van der Waals surface area contributed by atoms with Crippen molar-refractivity contribution < 1.29 is 24.1 Å². The Hall–Kier alpha value is -3.20. The lowest BCUT2D eigenvalue weighted by Crippen LogP contribution is -2.48. The Balaban J connectivity index is 1.68. The fraction of sp³-hybridized carbons (Fsp3) is 0.455. The summed E-state index contributed by atoms with van der Waals surface area (Å²) in [5.41, 5.74) is 0.903. The molecule has 0 bridgehead atoms. The number of rotatable bonds is 7. The number of aromatic hydroxyl groups is 1. The second kappa shape index (κ2) is 10.2. The number of hydrogen-bond donors (Lipinski definition) is 1. The van der Waals surface area contributed by atoms with Gasteiger partial charge in [-0.25, -0.2) is 4.79 Å². The quantitative estimate of drug-likeness (QED) is 0.716. The van der Waals surface area contributed by atoms with Crippen molar-refractivity contribution >= 4 is 6.09 Å². The molecule has 1 saturated heterocycles. The van der Waals surface area contributed by atoms with Crippen molar-refractivity contribution in [2.45, 2.75) is 20.0 Å². The predicted octanol–water partition coefficient (Wildman–Crippen LogP) is 1.89. The van der Waals surface area contributed by atoms with E-state index in [9.17, 15) is 14.7 Å². The molecule has 3 rings (SSSR count). The zero-order valence-electron chi connectivity index (χ0n) is 18.2. The first-order valence-electron chi connectivity index (χ1n) is 10.2. The molecule has 1 N–H and O–H groups in total. The molecule has 1 amide bonds. The monoisotopic (exact) mass is 431 g/mol. The molecule has 2 heterocycles. The lowest BCUT2D eigenvalue weighted by Gasteiger charge is -2.34. The van der Waals surface area contributed by atoms with Gasteiger partial charge < -0.3 is 28.8 Å². The predicted molar refractivity (Wildman–Crippen MR) is 115 cm³/mol. The lowest BCUT2D eigenvalue weighted by atomic mass is 10.1. The molecular formula is C22H29N3O6. The molecule has 0 aliphatic carbocycles. The Morgan fingerprint density at radius 3 is 2.42 bits per heavy atom. The number of amides is 1. The molecule has 0 spiro atoms. The average molecular weight is 431 g/mol. The highest BCUT2D eigenvalue weighted by Crippen LogP contribution is 2.25. The van der Waals surface area contributed by atoms with Crippen LogP contribution in [0.4, 0.5) is 4.79 Å². The Morgan fingerprint density at radius 2 is 1.77 bits per heavy atom. The number of ether oxygens (including phenoxy) is 3. The summed E-state index contributed by atoms with van der Waals surface area (Å²) >= 11 is 0. The van der Waals surface area contributed by atoms with Crippen molar-refractivity contribution in [2.75, 3.05) is 47.0 Å². The van der Waals surface area contributed by atoms with Crippen molar-refractivity contribution in [1.29, 1.82) is 0 Å². The van der Waals surface area contributed by atoms with E-state index in [2.05, 4.69) is 4.90 Å². The number of piperazine rings is 1. The second-order valence-electron chi connectivity index (χ2n) is 7.26. The highest BCUT2D eigenvalue weighted by atomic mass is 16.6. The normalized spacial score (nSPS) is 14.4. The van der Waals surface area contributed by atoms with Crippen LogP contribution in [-0.4, -0.2) is 72.6 Å². The number of carbonyl (C=O) groups excluding carboxylic acids is 1. The van der Waals surface area contributed by atoms with Crippen molar-refractivity contribution in [3.05, 3.63) is 51.9 Å². The van der Waals surface area contributed by atoms with Crippen LogP contribution in [0.5, 0.6) is 17.2 Å². The summed E-state index contributed by atoms with van der Waals surface area (Å²) < 4.78 is 17.1. The van der Waals surface area contributed by atoms with Gasteiger partial charge in [0.1, 0.15) is 11.5 Å². The molecule has 1 aromatic heterocycles. The zero-order chi connectivity index (χ0) is 22.4. The Morgan fingerprint density at radius 1 is 1.03 bits per heavy atom. The minimum Gasteiger partial charge on any atom is -0.503 e. The number of pyridine rings is 1. The molecule has 1 aromatic carbocycles. The molecular weight excluding hydrogens is 402 g/mol. The van der Waals surface area contributed by atoms with E-state index in [0.717, 1.165) is 5.56 Å². The summed E-state index contributed by atoms with van der Waals surface area (Å²) in [6.45, 7) is 5.22. The van der Waals surface area contributed by atoms with Gasteiger partial charge in [-0.05, 0) is 25.1 Å². The summed E-state index contributed by atoms with van der Waals surface area (Å²) in [6, 6.07) is 7.14. The lowest BCUT2D eigenvalue weighted by molar-refractivity contribution is 0.0776. The van der Waals surface area contributed by atoms with Crippen LogP contribution in [0.15, 0.2) is 35.3 Å². The van der Waals surface area contributed by atoms with Crippen molar-refractivity contribution in [3.8, 4) is 17.2 Å². The Bertz CT molecular complexity index is 966. The molecule has 0 radical (unpaired) electrons. The minimum absolute atomic E-state index is 0.261. The third-order valence-electron chi connectivity index (χ3n) is 5.35. The molecule has 31 heavy (non-hydrogen) atoms. The zero-order valence-corrected chi connectivity index (χ0v) is 18.2. The number of benzene rings is 1. The van der Waals surface area contributed by atoms with Gasteiger partial charge >= 0.3 is 6.09 Å². The van der Waals surface area contributed by atoms with Gasteiger partial charge in [-0.1, -0.05) is 0 Å². The average Bonchev–Trinajstić information content (AvgIpc) is 2.79. The van der Waals surface area contributed by atoms with E-state index in [0.29, 0.717) is 56.4 Å². The highest BCUT2D eigenvalue weighted by molar-refractivity contribution is 5.67. The van der Waals surface area contributed by atoms with Crippen LogP contribution in [0.1, 0.15) is 18.1 Å². The van der Waals surface area contributed by atoms with Crippen molar-refractivity contribution in [2.24, 2.45) is 0 Å². The molecule has 1 aliphatic heterocycles. The number of carbonyl (C=O) groups is 1. The number of nitrogens with zero attached hydrogens (tertiary/aromatic N) is 3. The smallest absolute Gasteiger partial charge is 0.409 e. The van der Waals surface area contributed by atoms with Crippen LogP contribution in [0, 0.1) is 0 Å². The first kappa shape index (κ1) is 22.5. The molecule has 2 aromatic rings. The van der Waals surface area contributed by atoms with Gasteiger partial charge in [-0.3, -0.25) is 9.69 Å². The van der Waals surface area contributed by atoms with E-state index in [4.69, 9.17) is 14.2 Å². The maximum absolute atomic E-state index is 12.7. The van der Waals surface area contributed by atoms with E-state index >= 15 is 0 Å². The standard InChI is InChI=1S/C22H29N3O6/c1-4-31-22(28)24-11-9-23(10-12-24)14-17-7-8-25(21(27)20(17)26)15-16-5-6-18(29-2)13-19(16)30-3/h5-8,13,26H,4,9-12,14-15H2,1-3H3. The van der Waals surface area contributed by atoms with Crippen LogP contribution in [0.25, 0.3) is 0 Å². The van der Waals surface area contributed by atoms with E-state index < -0.39 is 5.56 Å². The minimum atomic E-state index is -0.458. The second-order valence-corrected chi connectivity index (χ2v) is 7.26. The molecule has 9 nitrogen and oxygen atoms in total. The highest BCUT2D eigenvalue weighted by Gasteiger charge is 2.23. The van der Waals surface area contributed by atoms with Crippen LogP contribution in [0.2, 0.25) is 0 Å². The van der Waals surface area contributed by atoms with Gasteiger partial charge in [0.15, 0.2) is 5.75 Å². The fourth-order valence-corrected chi connectivity index (χ4v) is 3.56. The molecule has 0 unspecified atom stereocenters. The molecule has 1 fully saturated rings. The molecule has 0 atom stereocenters. The Kier molecular flexibility index (Phi) is 7.41. The SMILES string of the molecule is CCOC(=O)N1CCN(Cc2ccn(Cc3ccc(OC)cc3OC)c(=O)c2O)CC1. The van der Waals surface area contributed by atoms with Gasteiger partial charge in [-0.15, -0.1) is 0 Å². The first-order valence-corrected chi connectivity index (χ1v) is 10.2. The number of methoxy groups -OCH3 is 2. The number of hydrogen-bond acceptors (Lipinski definition) is 7. The van der Waals surface area contributed by atoms with Crippen LogP contribution < -0.4 is 15.0 Å². The summed E-state index contributed by atoms with van der Waals surface area (Å²) in [6.07, 6.45) is 1.37. The van der Waals surface area contributed by atoms with Crippen LogP contribution in [-0.2, 0) is 17.8 Å². The molecule has 0 saturated carbocycles. The van der Waals surface area contributed by atoms with Crippen molar-refractivity contribution in [1.82, 2.24) is 14.4 Å². The van der Waals surface area contributed by atoms with Crippen LogP contribution in [0.3, 0.4) is 0 Å². The largest absolute Gasteiger partial charge is 0.503 e. The topological polar surface area (TPSA) is 93.5 Å². The van der Waals surface area contributed by atoms with Gasteiger partial charge in [0.05, 0.1) is 27.4 Å². The summed E-state index contributed by atoms with van der Waals surface area (Å²) in [5.74, 6) is 1.01. The first-order chi connectivity index (χ1) is 15.0. The fourth-order valence-electron chi connectivity index (χ4n) is 3.56. The summed E-state index contributed by atoms with van der Waals surface area (Å²) in [5, 5.41) is 10.5.